The maximum Gasteiger partial charge on any atom is 0.260 e. The van der Waals surface area contributed by atoms with Gasteiger partial charge in [0.2, 0.25) is 11.8 Å². The molecule has 2 amide bonds. The number of nitrogens with one attached hydrogen (secondary N) is 1. The van der Waals surface area contributed by atoms with Crippen molar-refractivity contribution in [2.24, 2.45) is 10.5 Å². The van der Waals surface area contributed by atoms with Crippen LogP contribution in [-0.4, -0.2) is 24.8 Å². The van der Waals surface area contributed by atoms with Gasteiger partial charge in [0.1, 0.15) is 0 Å². The number of alkyl halides is 2. The Morgan fingerprint density at radius 3 is 2.80 bits per heavy atom. The third-order valence-corrected chi connectivity index (χ3v) is 2.33. The minimum Gasteiger partial charge on any atom is -0.355 e. The first-order valence-corrected chi connectivity index (χ1v) is 4.21. The van der Waals surface area contributed by atoms with Crippen molar-refractivity contribution in [1.82, 2.24) is 5.32 Å². The molecule has 1 atom stereocenters. The van der Waals surface area contributed by atoms with Gasteiger partial charge in [0.05, 0.1) is 0 Å². The molecule has 0 saturated carbocycles. The van der Waals surface area contributed by atoms with E-state index in [2.05, 4.69) is 15.3 Å². The molecule has 1 aliphatic heterocycles. The summed E-state index contributed by atoms with van der Waals surface area (Å²) in [5.41, 5.74) is 5.52. The lowest BCUT2D eigenvalue weighted by Gasteiger charge is -2.32. The number of halogens is 2. The van der Waals surface area contributed by atoms with Gasteiger partial charge < -0.3 is 5.32 Å². The molecule has 0 aromatic rings. The Kier molecular flexibility index (Phi) is 3.21. The number of amides is 2. The summed E-state index contributed by atoms with van der Waals surface area (Å²) >= 11 is 0. The molecule has 0 radical (unpaired) electrons. The van der Waals surface area contributed by atoms with Crippen LogP contribution in [0.25, 0.3) is 10.4 Å². The van der Waals surface area contributed by atoms with Gasteiger partial charge in [-0.15, -0.1) is 0 Å². The predicted octanol–water partition coefficient (Wildman–Crippen LogP) is 0.985. The first kappa shape index (κ1) is 11.4. The summed E-state index contributed by atoms with van der Waals surface area (Å²) in [7, 11) is 0. The number of carbonyl (C=O) groups is 2. The zero-order valence-corrected chi connectivity index (χ0v) is 7.61. The SMILES string of the molecule is [N-]=[N+]=NC(=O)C1(C(F)F)CCCNC1=O. The second-order valence-electron chi connectivity index (χ2n) is 3.13. The summed E-state index contributed by atoms with van der Waals surface area (Å²) in [6.07, 6.45) is -3.22. The van der Waals surface area contributed by atoms with Crippen LogP contribution in [0.15, 0.2) is 5.11 Å². The van der Waals surface area contributed by atoms with Crippen LogP contribution >= 0.6 is 0 Å². The lowest BCUT2D eigenvalue weighted by atomic mass is 9.79. The molecule has 0 spiro atoms. The third kappa shape index (κ3) is 1.75. The normalized spacial score (nSPS) is 25.7. The lowest BCUT2D eigenvalue weighted by Crippen LogP contribution is -2.54. The van der Waals surface area contributed by atoms with Crippen LogP contribution in [-0.2, 0) is 9.59 Å². The Morgan fingerprint density at radius 2 is 2.33 bits per heavy atom. The van der Waals surface area contributed by atoms with Crippen molar-refractivity contribution in [1.29, 1.82) is 0 Å². The number of carbonyl (C=O) groups excluding carboxylic acids is 2. The van der Waals surface area contributed by atoms with Crippen molar-refractivity contribution in [3.63, 3.8) is 0 Å². The number of rotatable bonds is 2. The molecule has 1 fully saturated rings. The van der Waals surface area contributed by atoms with Crippen LogP contribution in [0.4, 0.5) is 8.78 Å². The topological polar surface area (TPSA) is 94.9 Å². The first-order valence-electron chi connectivity index (χ1n) is 4.21. The Bertz CT molecular complexity index is 340. The molecule has 0 aromatic heterocycles. The zero-order valence-electron chi connectivity index (χ0n) is 7.61. The average Bonchev–Trinajstić information content (AvgIpc) is 2.18. The molecule has 1 aliphatic rings. The van der Waals surface area contributed by atoms with Crippen LogP contribution in [0.1, 0.15) is 12.8 Å². The van der Waals surface area contributed by atoms with Gasteiger partial charge in [-0.05, 0) is 23.5 Å². The zero-order chi connectivity index (χ0) is 11.5. The van der Waals surface area contributed by atoms with Gasteiger partial charge in [-0.3, -0.25) is 9.59 Å². The Hall–Kier alpha value is -1.69. The fourth-order valence-corrected chi connectivity index (χ4v) is 1.48. The molecule has 1 heterocycles. The van der Waals surface area contributed by atoms with Crippen LogP contribution < -0.4 is 5.32 Å². The number of azide groups is 1. The van der Waals surface area contributed by atoms with E-state index in [1.165, 1.54) is 0 Å². The second kappa shape index (κ2) is 4.22. The van der Waals surface area contributed by atoms with Crippen molar-refractivity contribution in [2.75, 3.05) is 6.54 Å². The highest BCUT2D eigenvalue weighted by Gasteiger charge is 2.54. The van der Waals surface area contributed by atoms with E-state index in [-0.39, 0.29) is 19.4 Å². The van der Waals surface area contributed by atoms with E-state index < -0.39 is 23.7 Å². The van der Waals surface area contributed by atoms with Crippen molar-refractivity contribution in [3.05, 3.63) is 10.4 Å². The monoisotopic (exact) mass is 218 g/mol. The Morgan fingerprint density at radius 1 is 1.67 bits per heavy atom. The molecular weight excluding hydrogens is 210 g/mol. The number of hydrogen-bond acceptors (Lipinski definition) is 2. The highest BCUT2D eigenvalue weighted by Crippen LogP contribution is 2.35. The summed E-state index contributed by atoms with van der Waals surface area (Å²) in [6.45, 7) is 0.247. The molecule has 6 nitrogen and oxygen atoms in total. The smallest absolute Gasteiger partial charge is 0.260 e. The van der Waals surface area contributed by atoms with Crippen LogP contribution in [0.3, 0.4) is 0 Å². The van der Waals surface area contributed by atoms with E-state index in [1.807, 2.05) is 0 Å². The number of nitrogens with zero attached hydrogens (tertiary/aromatic N) is 3. The van der Waals surface area contributed by atoms with Crippen molar-refractivity contribution in [2.45, 2.75) is 19.3 Å². The summed E-state index contributed by atoms with van der Waals surface area (Å²) in [5, 5.41) is 4.76. The molecule has 1 saturated heterocycles. The van der Waals surface area contributed by atoms with Crippen LogP contribution in [0, 0.1) is 5.41 Å². The maximum absolute atomic E-state index is 12.7. The van der Waals surface area contributed by atoms with Gasteiger partial charge in [-0.25, -0.2) is 8.78 Å². The molecular formula is C7H8F2N4O2. The van der Waals surface area contributed by atoms with E-state index in [0.29, 0.717) is 0 Å². The highest BCUT2D eigenvalue weighted by atomic mass is 19.3. The molecule has 1 rings (SSSR count). The molecule has 1 N–H and O–H groups in total. The van der Waals surface area contributed by atoms with Crippen molar-refractivity contribution in [3.8, 4) is 0 Å². The Balaban J connectivity index is 3.11. The fourth-order valence-electron chi connectivity index (χ4n) is 1.48. The van der Waals surface area contributed by atoms with Gasteiger partial charge in [0, 0.05) is 11.5 Å². The number of hydrogen-bond donors (Lipinski definition) is 1. The van der Waals surface area contributed by atoms with Gasteiger partial charge in [0.15, 0.2) is 5.41 Å². The molecule has 82 valence electrons. The van der Waals surface area contributed by atoms with Crippen molar-refractivity contribution >= 4 is 11.8 Å². The fraction of sp³-hybridized carbons (Fsp3) is 0.714. The summed E-state index contributed by atoms with van der Waals surface area (Å²) in [4.78, 5) is 24.6. The Labute approximate surface area is 83.3 Å². The highest BCUT2D eigenvalue weighted by molar-refractivity contribution is 6.06. The summed E-state index contributed by atoms with van der Waals surface area (Å²) in [5.74, 6) is -2.49. The van der Waals surface area contributed by atoms with Gasteiger partial charge >= 0.3 is 0 Å². The number of piperidine rings is 1. The van der Waals surface area contributed by atoms with Gasteiger partial charge in [-0.1, -0.05) is 0 Å². The minimum atomic E-state index is -3.17. The van der Waals surface area contributed by atoms with Gasteiger partial charge in [0.25, 0.3) is 6.43 Å². The van der Waals surface area contributed by atoms with Crippen molar-refractivity contribution < 1.29 is 18.4 Å². The van der Waals surface area contributed by atoms with Crippen LogP contribution in [0.2, 0.25) is 0 Å². The van der Waals surface area contributed by atoms with E-state index in [9.17, 15) is 18.4 Å². The molecule has 0 aliphatic carbocycles. The molecule has 8 heteroatoms. The first-order chi connectivity index (χ1) is 7.05. The predicted molar refractivity (Wildman–Crippen MR) is 44.8 cm³/mol. The second-order valence-corrected chi connectivity index (χ2v) is 3.13. The largest absolute Gasteiger partial charge is 0.355 e. The minimum absolute atomic E-state index is 0.247. The molecule has 0 aromatic carbocycles. The summed E-state index contributed by atoms with van der Waals surface area (Å²) < 4.78 is 25.5. The maximum atomic E-state index is 12.7. The van der Waals surface area contributed by atoms with E-state index >= 15 is 0 Å². The quantitative estimate of drug-likeness (QED) is 0.323. The van der Waals surface area contributed by atoms with Gasteiger partial charge in [-0.2, -0.15) is 0 Å². The van der Waals surface area contributed by atoms with Crippen LogP contribution in [0.5, 0.6) is 0 Å². The lowest BCUT2D eigenvalue weighted by molar-refractivity contribution is -0.155. The summed E-state index contributed by atoms with van der Waals surface area (Å²) in [6, 6.07) is 0. The average molecular weight is 218 g/mol. The molecule has 0 bridgehead atoms. The molecule has 1 unspecified atom stereocenters. The van der Waals surface area contributed by atoms with E-state index in [1.54, 1.807) is 0 Å². The standard InChI is InChI=1S/C7H8F2N4O2/c8-4(9)7(6(15)12-13-10)2-1-3-11-5(7)14/h4H,1-3H2,(H,11,14). The third-order valence-electron chi connectivity index (χ3n) is 2.33. The van der Waals surface area contributed by atoms with E-state index in [0.717, 1.165) is 0 Å². The van der Waals surface area contributed by atoms with E-state index in [4.69, 9.17) is 5.53 Å². The molecule has 15 heavy (non-hydrogen) atoms.